The van der Waals surface area contributed by atoms with Gasteiger partial charge in [0.25, 0.3) is 5.91 Å². The molecule has 0 bridgehead atoms. The van der Waals surface area contributed by atoms with Crippen LogP contribution < -0.4 is 15.4 Å². The van der Waals surface area contributed by atoms with Crippen molar-refractivity contribution >= 4 is 17.3 Å². The van der Waals surface area contributed by atoms with Gasteiger partial charge >= 0.3 is 0 Å². The molecular weight excluding hydrogens is 304 g/mol. The fourth-order valence-electron chi connectivity index (χ4n) is 1.87. The predicted octanol–water partition coefficient (Wildman–Crippen LogP) is 3.29. The molecule has 1 amide bonds. The number of rotatable bonds is 5. The maximum absolute atomic E-state index is 12.2. The van der Waals surface area contributed by atoms with Crippen molar-refractivity contribution in [1.82, 2.24) is 0 Å². The Morgan fingerprint density at radius 2 is 1.79 bits per heavy atom. The van der Waals surface area contributed by atoms with E-state index < -0.39 is 0 Å². The molecule has 2 aromatic carbocycles. The number of methoxy groups -OCH3 is 1. The summed E-state index contributed by atoms with van der Waals surface area (Å²) in [5.74, 6) is 0.407. The zero-order valence-corrected chi connectivity index (χ0v) is 12.9. The largest absolute Gasteiger partial charge is 0.497 e. The zero-order chi connectivity index (χ0) is 17.4. The lowest BCUT2D eigenvalue weighted by molar-refractivity contribution is 0.102. The summed E-state index contributed by atoms with van der Waals surface area (Å²) in [5.41, 5.74) is 1.75. The number of anilines is 2. The lowest BCUT2D eigenvalue weighted by Crippen LogP contribution is -2.11. The van der Waals surface area contributed by atoms with E-state index >= 15 is 0 Å². The molecule has 0 aliphatic rings. The van der Waals surface area contributed by atoms with Crippen LogP contribution in [0.25, 0.3) is 0 Å². The number of nitriles is 2. The fourth-order valence-corrected chi connectivity index (χ4v) is 1.87. The Hall–Kier alpha value is -3.77. The first-order valence-electron chi connectivity index (χ1n) is 6.98. The van der Waals surface area contributed by atoms with E-state index in [0.717, 1.165) is 0 Å². The molecule has 118 valence electrons. The van der Waals surface area contributed by atoms with E-state index in [4.69, 9.17) is 15.3 Å². The van der Waals surface area contributed by atoms with Crippen LogP contribution in [0.1, 0.15) is 10.4 Å². The number of nitrogens with zero attached hydrogens (tertiary/aromatic N) is 2. The second-order valence-corrected chi connectivity index (χ2v) is 4.69. The maximum atomic E-state index is 12.2. The molecule has 6 nitrogen and oxygen atoms in total. The van der Waals surface area contributed by atoms with Crippen molar-refractivity contribution in [3.8, 4) is 17.9 Å². The van der Waals surface area contributed by atoms with E-state index in [9.17, 15) is 4.79 Å². The molecule has 24 heavy (non-hydrogen) atoms. The highest BCUT2D eigenvalue weighted by Gasteiger charge is 2.06. The molecule has 0 spiro atoms. The van der Waals surface area contributed by atoms with E-state index in [1.54, 1.807) is 67.8 Å². The van der Waals surface area contributed by atoms with Crippen molar-refractivity contribution in [3.63, 3.8) is 0 Å². The summed E-state index contributed by atoms with van der Waals surface area (Å²) in [6, 6.07) is 17.2. The van der Waals surface area contributed by atoms with E-state index in [1.807, 2.05) is 0 Å². The van der Waals surface area contributed by atoms with Gasteiger partial charge in [0.15, 0.2) is 0 Å². The summed E-state index contributed by atoms with van der Waals surface area (Å²) in [6.45, 7) is 0. The highest BCUT2D eigenvalue weighted by molar-refractivity contribution is 6.04. The Morgan fingerprint density at radius 1 is 1.08 bits per heavy atom. The Bertz CT molecular complexity index is 827. The van der Waals surface area contributed by atoms with Crippen LogP contribution in [0.3, 0.4) is 0 Å². The monoisotopic (exact) mass is 318 g/mol. The third-order valence-electron chi connectivity index (χ3n) is 3.10. The van der Waals surface area contributed by atoms with E-state index in [0.29, 0.717) is 22.7 Å². The van der Waals surface area contributed by atoms with Gasteiger partial charge in [0, 0.05) is 29.2 Å². The van der Waals surface area contributed by atoms with Crippen molar-refractivity contribution in [2.45, 2.75) is 0 Å². The van der Waals surface area contributed by atoms with Crippen molar-refractivity contribution < 1.29 is 9.53 Å². The summed E-state index contributed by atoms with van der Waals surface area (Å²) in [7, 11) is 1.56. The van der Waals surface area contributed by atoms with E-state index in [2.05, 4.69) is 10.6 Å². The topological polar surface area (TPSA) is 97.9 Å². The molecule has 0 aliphatic heterocycles. The molecule has 6 heteroatoms. The van der Waals surface area contributed by atoms with Crippen LogP contribution in [-0.2, 0) is 0 Å². The fraction of sp³-hybridized carbons (Fsp3) is 0.0556. The first-order valence-corrected chi connectivity index (χ1v) is 6.98. The SMILES string of the molecule is COc1cccc(NC(=O)c2ccc(NC=C(C#N)C#N)cc2)c1. The van der Waals surface area contributed by atoms with Crippen LogP contribution in [0.15, 0.2) is 60.3 Å². The second kappa shape index (κ2) is 8.02. The molecule has 2 aromatic rings. The van der Waals surface area contributed by atoms with Gasteiger partial charge in [0.2, 0.25) is 0 Å². The van der Waals surface area contributed by atoms with Crippen LogP contribution >= 0.6 is 0 Å². The number of carbonyl (C=O) groups excluding carboxylic acids is 1. The van der Waals surface area contributed by atoms with Crippen LogP contribution in [0.2, 0.25) is 0 Å². The zero-order valence-electron chi connectivity index (χ0n) is 12.9. The molecule has 0 saturated carbocycles. The minimum absolute atomic E-state index is 0.0326. The molecule has 0 atom stereocenters. The maximum Gasteiger partial charge on any atom is 0.255 e. The number of carbonyl (C=O) groups is 1. The molecule has 0 saturated heterocycles. The normalized spacial score (nSPS) is 9.12. The standard InChI is InChI=1S/C18H14N4O2/c1-24-17-4-2-3-16(9-17)22-18(23)14-5-7-15(8-6-14)21-12-13(10-19)11-20/h2-9,12,21H,1H3,(H,22,23). The van der Waals surface area contributed by atoms with Gasteiger partial charge in [-0.3, -0.25) is 4.79 Å². The summed E-state index contributed by atoms with van der Waals surface area (Å²) in [6.07, 6.45) is 1.31. The Balaban J connectivity index is 2.05. The predicted molar refractivity (Wildman–Crippen MR) is 90.3 cm³/mol. The first-order chi connectivity index (χ1) is 11.7. The number of benzene rings is 2. The number of hydrogen-bond donors (Lipinski definition) is 2. The van der Waals surface area contributed by atoms with Gasteiger partial charge in [0.1, 0.15) is 23.5 Å². The van der Waals surface area contributed by atoms with Crippen LogP contribution in [0.5, 0.6) is 5.75 Å². The molecule has 0 fully saturated rings. The Morgan fingerprint density at radius 3 is 2.42 bits per heavy atom. The molecule has 2 N–H and O–H groups in total. The number of allylic oxidation sites excluding steroid dienone is 1. The van der Waals surface area contributed by atoms with Gasteiger partial charge < -0.3 is 15.4 Å². The third kappa shape index (κ3) is 4.36. The minimum Gasteiger partial charge on any atom is -0.497 e. The molecular formula is C18H14N4O2. The van der Waals surface area contributed by atoms with E-state index in [1.165, 1.54) is 6.20 Å². The van der Waals surface area contributed by atoms with Crippen molar-refractivity contribution in [2.75, 3.05) is 17.7 Å². The van der Waals surface area contributed by atoms with Gasteiger partial charge in [-0.05, 0) is 36.4 Å². The highest BCUT2D eigenvalue weighted by Crippen LogP contribution is 2.18. The second-order valence-electron chi connectivity index (χ2n) is 4.69. The molecule has 2 rings (SSSR count). The van der Waals surface area contributed by atoms with Gasteiger partial charge in [-0.25, -0.2) is 0 Å². The Labute approximate surface area is 139 Å². The third-order valence-corrected chi connectivity index (χ3v) is 3.10. The lowest BCUT2D eigenvalue weighted by atomic mass is 10.2. The number of hydrogen-bond acceptors (Lipinski definition) is 5. The molecule has 0 aromatic heterocycles. The van der Waals surface area contributed by atoms with E-state index in [-0.39, 0.29) is 11.5 Å². The van der Waals surface area contributed by atoms with Crippen molar-refractivity contribution in [2.24, 2.45) is 0 Å². The number of ether oxygens (including phenoxy) is 1. The van der Waals surface area contributed by atoms with Gasteiger partial charge in [-0.2, -0.15) is 10.5 Å². The van der Waals surface area contributed by atoms with Crippen molar-refractivity contribution in [1.29, 1.82) is 10.5 Å². The summed E-state index contributed by atoms with van der Waals surface area (Å²) >= 11 is 0. The van der Waals surface area contributed by atoms with Crippen LogP contribution in [-0.4, -0.2) is 13.0 Å². The highest BCUT2D eigenvalue weighted by atomic mass is 16.5. The molecule has 0 unspecified atom stereocenters. The average molecular weight is 318 g/mol. The Kier molecular flexibility index (Phi) is 5.55. The molecule has 0 aliphatic carbocycles. The van der Waals surface area contributed by atoms with Gasteiger partial charge in [-0.15, -0.1) is 0 Å². The van der Waals surface area contributed by atoms with Gasteiger partial charge in [-0.1, -0.05) is 6.07 Å². The van der Waals surface area contributed by atoms with Gasteiger partial charge in [0.05, 0.1) is 7.11 Å². The minimum atomic E-state index is -0.250. The lowest BCUT2D eigenvalue weighted by Gasteiger charge is -2.08. The summed E-state index contributed by atoms with van der Waals surface area (Å²) in [5, 5.41) is 22.9. The molecule has 0 radical (unpaired) electrons. The van der Waals surface area contributed by atoms with Crippen LogP contribution in [0, 0.1) is 22.7 Å². The summed E-state index contributed by atoms with van der Waals surface area (Å²) in [4.78, 5) is 12.2. The first kappa shape index (κ1) is 16.6. The average Bonchev–Trinajstić information content (AvgIpc) is 2.63. The number of amides is 1. The summed E-state index contributed by atoms with van der Waals surface area (Å²) < 4.78 is 5.11. The van der Waals surface area contributed by atoms with Crippen molar-refractivity contribution in [3.05, 3.63) is 65.9 Å². The van der Waals surface area contributed by atoms with Crippen LogP contribution in [0.4, 0.5) is 11.4 Å². The smallest absolute Gasteiger partial charge is 0.255 e. The number of nitrogens with one attached hydrogen (secondary N) is 2. The quantitative estimate of drug-likeness (QED) is 0.824. The molecule has 0 heterocycles.